The Kier molecular flexibility index (Phi) is 4.92. The van der Waals surface area contributed by atoms with Crippen LogP contribution in [0.3, 0.4) is 0 Å². The normalized spacial score (nSPS) is 16.8. The minimum Gasteiger partial charge on any atom is -0.384 e. The van der Waals surface area contributed by atoms with Gasteiger partial charge in [-0.1, -0.05) is 17.3 Å². The first kappa shape index (κ1) is 16.6. The highest BCUT2D eigenvalue weighted by Crippen LogP contribution is 2.31. The van der Waals surface area contributed by atoms with Crippen LogP contribution in [-0.2, 0) is 9.53 Å². The van der Waals surface area contributed by atoms with Crippen LogP contribution in [0, 0.1) is 12.3 Å². The van der Waals surface area contributed by atoms with Gasteiger partial charge in [-0.05, 0) is 38.1 Å². The van der Waals surface area contributed by atoms with E-state index in [4.69, 9.17) is 9.26 Å². The highest BCUT2D eigenvalue weighted by atomic mass is 16.5. The number of ether oxygens (including phenoxy) is 1. The maximum atomic E-state index is 12.9. The van der Waals surface area contributed by atoms with Gasteiger partial charge in [0.1, 0.15) is 0 Å². The van der Waals surface area contributed by atoms with Gasteiger partial charge in [-0.3, -0.25) is 4.79 Å². The molecule has 0 saturated carbocycles. The van der Waals surface area contributed by atoms with E-state index in [2.05, 4.69) is 20.8 Å². The van der Waals surface area contributed by atoms with E-state index in [0.717, 1.165) is 31.5 Å². The van der Waals surface area contributed by atoms with E-state index in [9.17, 15) is 4.79 Å². The van der Waals surface area contributed by atoms with E-state index in [1.807, 2.05) is 24.3 Å². The molecule has 24 heavy (non-hydrogen) atoms. The van der Waals surface area contributed by atoms with Crippen LogP contribution in [0.5, 0.6) is 0 Å². The van der Waals surface area contributed by atoms with Crippen LogP contribution in [0.25, 0.3) is 11.4 Å². The van der Waals surface area contributed by atoms with Crippen LogP contribution >= 0.6 is 0 Å². The van der Waals surface area contributed by atoms with Crippen LogP contribution in [-0.4, -0.2) is 42.9 Å². The highest BCUT2D eigenvalue weighted by molar-refractivity contribution is 5.96. The van der Waals surface area contributed by atoms with Crippen molar-refractivity contribution in [1.82, 2.24) is 15.5 Å². The van der Waals surface area contributed by atoms with E-state index in [1.165, 1.54) is 0 Å². The Hall–Kier alpha value is -2.25. The van der Waals surface area contributed by atoms with Gasteiger partial charge in [-0.15, -0.1) is 0 Å². The van der Waals surface area contributed by atoms with Gasteiger partial charge in [-0.2, -0.15) is 4.98 Å². The summed E-state index contributed by atoms with van der Waals surface area (Å²) in [5.41, 5.74) is 1.03. The topological polar surface area (TPSA) is 89.3 Å². The Morgan fingerprint density at radius 2 is 2.21 bits per heavy atom. The molecule has 1 aromatic heterocycles. The average Bonchev–Trinajstić information content (AvgIpc) is 3.03. The van der Waals surface area contributed by atoms with Crippen molar-refractivity contribution < 1.29 is 14.1 Å². The molecule has 0 bridgehead atoms. The first-order valence-electron chi connectivity index (χ1n) is 8.05. The van der Waals surface area contributed by atoms with Crippen molar-refractivity contribution in [3.05, 3.63) is 30.2 Å². The van der Waals surface area contributed by atoms with Crippen molar-refractivity contribution in [1.29, 1.82) is 0 Å². The van der Waals surface area contributed by atoms with E-state index >= 15 is 0 Å². The fraction of sp³-hybridized carbons (Fsp3) is 0.471. The molecule has 2 aromatic rings. The molecule has 1 aliphatic rings. The van der Waals surface area contributed by atoms with Gasteiger partial charge in [0.05, 0.1) is 12.0 Å². The van der Waals surface area contributed by atoms with E-state index in [1.54, 1.807) is 14.0 Å². The number of aromatic nitrogens is 2. The molecular formula is C17H22N4O3. The summed E-state index contributed by atoms with van der Waals surface area (Å²) in [6.45, 7) is 3.80. The quantitative estimate of drug-likeness (QED) is 0.871. The van der Waals surface area contributed by atoms with Gasteiger partial charge in [0.15, 0.2) is 0 Å². The van der Waals surface area contributed by atoms with Gasteiger partial charge in [0.25, 0.3) is 0 Å². The van der Waals surface area contributed by atoms with Crippen LogP contribution in [0.15, 0.2) is 28.8 Å². The number of rotatable bonds is 5. The molecule has 7 heteroatoms. The zero-order valence-corrected chi connectivity index (χ0v) is 14.0. The molecule has 2 N–H and O–H groups in total. The second kappa shape index (κ2) is 7.11. The van der Waals surface area contributed by atoms with Gasteiger partial charge in [0, 0.05) is 25.3 Å². The minimum atomic E-state index is -0.487. The number of carbonyl (C=O) groups is 1. The van der Waals surface area contributed by atoms with E-state index in [-0.39, 0.29) is 5.91 Å². The number of nitrogens with zero attached hydrogens (tertiary/aromatic N) is 2. The van der Waals surface area contributed by atoms with Crippen molar-refractivity contribution in [2.24, 2.45) is 5.41 Å². The molecule has 1 aliphatic heterocycles. The summed E-state index contributed by atoms with van der Waals surface area (Å²) >= 11 is 0. The molecule has 1 fully saturated rings. The molecule has 0 aliphatic carbocycles. The number of amides is 1. The standard InChI is InChI=1S/C17H22N4O3/c1-12-19-15(21-24-12)13-4-3-5-14(10-13)20-16(22)17(11-23-2)6-8-18-9-7-17/h3-5,10,18H,6-9,11H2,1-2H3,(H,20,22). The van der Waals surface area contributed by atoms with Crippen LogP contribution in [0.2, 0.25) is 0 Å². The Morgan fingerprint density at radius 1 is 1.42 bits per heavy atom. The van der Waals surface area contributed by atoms with Gasteiger partial charge < -0.3 is 19.9 Å². The van der Waals surface area contributed by atoms with Crippen molar-refractivity contribution in [2.75, 3.05) is 32.1 Å². The summed E-state index contributed by atoms with van der Waals surface area (Å²) in [7, 11) is 1.64. The zero-order chi connectivity index (χ0) is 17.0. The third kappa shape index (κ3) is 3.47. The molecule has 2 heterocycles. The molecule has 7 nitrogen and oxygen atoms in total. The van der Waals surface area contributed by atoms with Crippen LogP contribution in [0.1, 0.15) is 18.7 Å². The molecule has 3 rings (SSSR count). The monoisotopic (exact) mass is 330 g/mol. The van der Waals surface area contributed by atoms with Crippen molar-refractivity contribution >= 4 is 11.6 Å². The predicted molar refractivity (Wildman–Crippen MR) is 89.5 cm³/mol. The predicted octanol–water partition coefficient (Wildman–Crippen LogP) is 2.00. The van der Waals surface area contributed by atoms with Gasteiger partial charge in [-0.25, -0.2) is 0 Å². The summed E-state index contributed by atoms with van der Waals surface area (Å²) < 4.78 is 10.3. The summed E-state index contributed by atoms with van der Waals surface area (Å²) in [5, 5.41) is 10.2. The lowest BCUT2D eigenvalue weighted by Gasteiger charge is -2.35. The number of hydrogen-bond donors (Lipinski definition) is 2. The number of nitrogens with one attached hydrogen (secondary N) is 2. The zero-order valence-electron chi connectivity index (χ0n) is 14.0. The van der Waals surface area contributed by atoms with E-state index in [0.29, 0.717) is 24.0 Å². The third-order valence-electron chi connectivity index (χ3n) is 4.37. The molecule has 0 atom stereocenters. The highest BCUT2D eigenvalue weighted by Gasteiger charge is 2.39. The largest absolute Gasteiger partial charge is 0.384 e. The first-order chi connectivity index (χ1) is 11.6. The lowest BCUT2D eigenvalue weighted by molar-refractivity contribution is -0.130. The Bertz CT molecular complexity index is 702. The molecule has 1 aromatic carbocycles. The molecule has 0 radical (unpaired) electrons. The number of methoxy groups -OCH3 is 1. The summed E-state index contributed by atoms with van der Waals surface area (Å²) in [5.74, 6) is 1.01. The molecule has 128 valence electrons. The van der Waals surface area contributed by atoms with E-state index < -0.39 is 5.41 Å². The fourth-order valence-electron chi connectivity index (χ4n) is 3.03. The lowest BCUT2D eigenvalue weighted by Crippen LogP contribution is -2.47. The molecule has 1 amide bonds. The lowest BCUT2D eigenvalue weighted by atomic mass is 9.78. The second-order valence-electron chi connectivity index (χ2n) is 6.14. The third-order valence-corrected chi connectivity index (χ3v) is 4.37. The Labute approximate surface area is 140 Å². The first-order valence-corrected chi connectivity index (χ1v) is 8.05. The van der Waals surface area contributed by atoms with Crippen LogP contribution in [0.4, 0.5) is 5.69 Å². The van der Waals surface area contributed by atoms with Crippen molar-refractivity contribution in [3.63, 3.8) is 0 Å². The summed E-state index contributed by atoms with van der Waals surface area (Å²) in [6.07, 6.45) is 1.52. The molecule has 1 saturated heterocycles. The SMILES string of the molecule is COCC1(C(=O)Nc2cccc(-c3noc(C)n3)c2)CCNCC1. The second-order valence-corrected chi connectivity index (χ2v) is 6.14. The number of aryl methyl sites for hydroxylation is 1. The number of piperidine rings is 1. The van der Waals surface area contributed by atoms with Gasteiger partial charge >= 0.3 is 0 Å². The fourth-order valence-corrected chi connectivity index (χ4v) is 3.03. The maximum absolute atomic E-state index is 12.9. The number of carbonyl (C=O) groups excluding carboxylic acids is 1. The Balaban J connectivity index is 1.78. The number of benzene rings is 1. The van der Waals surface area contributed by atoms with Crippen molar-refractivity contribution in [2.45, 2.75) is 19.8 Å². The maximum Gasteiger partial charge on any atom is 0.233 e. The van der Waals surface area contributed by atoms with Crippen molar-refractivity contribution in [3.8, 4) is 11.4 Å². The number of hydrogen-bond acceptors (Lipinski definition) is 6. The minimum absolute atomic E-state index is 0.00714. The molecule has 0 unspecified atom stereocenters. The molecular weight excluding hydrogens is 308 g/mol. The summed E-state index contributed by atoms with van der Waals surface area (Å²) in [4.78, 5) is 17.1. The smallest absolute Gasteiger partial charge is 0.233 e. The van der Waals surface area contributed by atoms with Gasteiger partial charge in [0.2, 0.25) is 17.6 Å². The van der Waals surface area contributed by atoms with Crippen LogP contribution < -0.4 is 10.6 Å². The summed E-state index contributed by atoms with van der Waals surface area (Å²) in [6, 6.07) is 7.46. The molecule has 0 spiro atoms. The Morgan fingerprint density at radius 3 is 2.88 bits per heavy atom. The number of anilines is 1. The average molecular weight is 330 g/mol.